The van der Waals surface area contributed by atoms with E-state index >= 15 is 0 Å². The molecule has 1 aromatic heterocycles. The van der Waals surface area contributed by atoms with Crippen molar-refractivity contribution in [3.8, 4) is 11.5 Å². The van der Waals surface area contributed by atoms with Crippen LogP contribution >= 0.6 is 0 Å². The van der Waals surface area contributed by atoms with E-state index in [0.717, 1.165) is 56.5 Å². The molecule has 1 heterocycles. The maximum atomic E-state index is 5.65. The number of aliphatic imine (C=N–C) groups is 1. The third-order valence-electron chi connectivity index (χ3n) is 4.16. The zero-order valence-corrected chi connectivity index (χ0v) is 17.5. The van der Waals surface area contributed by atoms with Gasteiger partial charge in [0.25, 0.3) is 0 Å². The largest absolute Gasteiger partial charge is 0.493 e. The average molecular weight is 388 g/mol. The highest BCUT2D eigenvalue weighted by atomic mass is 16.5. The Morgan fingerprint density at radius 3 is 2.75 bits per heavy atom. The Labute approximate surface area is 168 Å². The zero-order valence-electron chi connectivity index (χ0n) is 17.5. The zero-order chi connectivity index (χ0) is 20.2. The summed E-state index contributed by atoms with van der Waals surface area (Å²) in [5, 5.41) is 10.9. The SMILES string of the molecule is CCNC(=NCCCc1ccc(OC)c(OCC)c1)NCCn1cc(C)cn1. The maximum absolute atomic E-state index is 5.65. The van der Waals surface area contributed by atoms with Crippen molar-refractivity contribution >= 4 is 5.96 Å². The molecule has 0 bridgehead atoms. The number of hydrogen-bond acceptors (Lipinski definition) is 4. The second kappa shape index (κ2) is 11.9. The van der Waals surface area contributed by atoms with Gasteiger partial charge in [-0.25, -0.2) is 0 Å². The molecule has 2 rings (SSSR count). The van der Waals surface area contributed by atoms with Crippen molar-refractivity contribution in [3.05, 3.63) is 41.7 Å². The number of rotatable bonds is 11. The van der Waals surface area contributed by atoms with E-state index < -0.39 is 0 Å². The fourth-order valence-corrected chi connectivity index (χ4v) is 2.84. The maximum Gasteiger partial charge on any atom is 0.191 e. The summed E-state index contributed by atoms with van der Waals surface area (Å²) in [7, 11) is 1.66. The monoisotopic (exact) mass is 387 g/mol. The van der Waals surface area contributed by atoms with Crippen molar-refractivity contribution in [2.75, 3.05) is 33.4 Å². The van der Waals surface area contributed by atoms with Crippen molar-refractivity contribution in [3.63, 3.8) is 0 Å². The number of aromatic nitrogens is 2. The normalized spacial score (nSPS) is 11.4. The molecule has 2 N–H and O–H groups in total. The first-order valence-electron chi connectivity index (χ1n) is 9.97. The molecule has 1 aromatic carbocycles. The highest BCUT2D eigenvalue weighted by Crippen LogP contribution is 2.28. The Morgan fingerprint density at radius 1 is 1.21 bits per heavy atom. The molecule has 0 aliphatic heterocycles. The van der Waals surface area contributed by atoms with Gasteiger partial charge < -0.3 is 20.1 Å². The van der Waals surface area contributed by atoms with Gasteiger partial charge in [-0.15, -0.1) is 0 Å². The van der Waals surface area contributed by atoms with Crippen LogP contribution in [0.15, 0.2) is 35.6 Å². The number of benzene rings is 1. The number of nitrogens with one attached hydrogen (secondary N) is 2. The van der Waals surface area contributed by atoms with Crippen molar-refractivity contribution in [2.24, 2.45) is 4.99 Å². The summed E-state index contributed by atoms with van der Waals surface area (Å²) in [6.45, 7) is 9.90. The predicted molar refractivity (Wildman–Crippen MR) is 113 cm³/mol. The van der Waals surface area contributed by atoms with Crippen LogP contribution in [0.5, 0.6) is 11.5 Å². The van der Waals surface area contributed by atoms with Gasteiger partial charge >= 0.3 is 0 Å². The Balaban J connectivity index is 1.80. The first-order chi connectivity index (χ1) is 13.7. The molecule has 2 aromatic rings. The van der Waals surface area contributed by atoms with E-state index in [0.29, 0.717) is 6.61 Å². The molecule has 0 spiro atoms. The van der Waals surface area contributed by atoms with Gasteiger partial charge in [0.15, 0.2) is 17.5 Å². The molecule has 0 amide bonds. The van der Waals surface area contributed by atoms with Crippen LogP contribution in [0.1, 0.15) is 31.4 Å². The van der Waals surface area contributed by atoms with Crippen molar-refractivity contribution in [1.29, 1.82) is 0 Å². The first-order valence-corrected chi connectivity index (χ1v) is 9.97. The Bertz CT molecular complexity index is 742. The van der Waals surface area contributed by atoms with Crippen molar-refractivity contribution in [1.82, 2.24) is 20.4 Å². The van der Waals surface area contributed by atoms with E-state index in [4.69, 9.17) is 9.47 Å². The van der Waals surface area contributed by atoms with Crippen molar-refractivity contribution < 1.29 is 9.47 Å². The molecule has 0 aliphatic carbocycles. The molecular weight excluding hydrogens is 354 g/mol. The molecule has 154 valence electrons. The first kappa shape index (κ1) is 21.6. The molecule has 0 atom stereocenters. The minimum atomic E-state index is 0.625. The van der Waals surface area contributed by atoms with E-state index in [1.165, 1.54) is 11.1 Å². The molecule has 0 saturated heterocycles. The van der Waals surface area contributed by atoms with Crippen LogP contribution in [0.25, 0.3) is 0 Å². The van der Waals surface area contributed by atoms with E-state index in [9.17, 15) is 0 Å². The van der Waals surface area contributed by atoms with Gasteiger partial charge in [0, 0.05) is 25.8 Å². The molecule has 0 radical (unpaired) electrons. The van der Waals surface area contributed by atoms with Crippen LogP contribution in [0.3, 0.4) is 0 Å². The molecule has 0 saturated carbocycles. The Morgan fingerprint density at radius 2 is 2.07 bits per heavy atom. The Kier molecular flexibility index (Phi) is 9.18. The van der Waals surface area contributed by atoms with Crippen LogP contribution in [0, 0.1) is 6.92 Å². The van der Waals surface area contributed by atoms with Crippen LogP contribution in [0.2, 0.25) is 0 Å². The van der Waals surface area contributed by atoms with Crippen molar-refractivity contribution in [2.45, 2.75) is 40.2 Å². The third kappa shape index (κ3) is 7.13. The third-order valence-corrected chi connectivity index (χ3v) is 4.16. The van der Waals surface area contributed by atoms with Gasteiger partial charge in [-0.05, 0) is 56.9 Å². The van der Waals surface area contributed by atoms with Crippen LogP contribution in [-0.4, -0.2) is 49.1 Å². The summed E-state index contributed by atoms with van der Waals surface area (Å²) in [6, 6.07) is 6.11. The van der Waals surface area contributed by atoms with Crippen LogP contribution < -0.4 is 20.1 Å². The fourth-order valence-electron chi connectivity index (χ4n) is 2.84. The summed E-state index contributed by atoms with van der Waals surface area (Å²) < 4.78 is 12.9. The molecule has 7 heteroatoms. The van der Waals surface area contributed by atoms with E-state index in [1.807, 2.05) is 37.0 Å². The minimum absolute atomic E-state index is 0.625. The fraction of sp³-hybridized carbons (Fsp3) is 0.524. The molecule has 0 fully saturated rings. The van der Waals surface area contributed by atoms with Gasteiger partial charge in [0.2, 0.25) is 0 Å². The minimum Gasteiger partial charge on any atom is -0.493 e. The summed E-state index contributed by atoms with van der Waals surface area (Å²) >= 11 is 0. The molecular formula is C21H33N5O2. The summed E-state index contributed by atoms with van der Waals surface area (Å²) in [5.41, 5.74) is 2.40. The van der Waals surface area contributed by atoms with Gasteiger partial charge in [-0.2, -0.15) is 5.10 Å². The average Bonchev–Trinajstić information content (AvgIpc) is 3.10. The van der Waals surface area contributed by atoms with E-state index in [1.54, 1.807) is 7.11 Å². The lowest BCUT2D eigenvalue weighted by molar-refractivity contribution is 0.310. The standard InChI is InChI=1S/C21H33N5O2/c1-5-22-21(24-12-13-26-16-17(3)15-25-26)23-11-7-8-18-9-10-19(27-4)20(14-18)28-6-2/h9-10,14-16H,5-8,11-13H2,1-4H3,(H2,22,23,24). The van der Waals surface area contributed by atoms with Gasteiger partial charge in [-0.3, -0.25) is 9.67 Å². The van der Waals surface area contributed by atoms with Crippen LogP contribution in [0.4, 0.5) is 0 Å². The summed E-state index contributed by atoms with van der Waals surface area (Å²) in [4.78, 5) is 4.67. The summed E-state index contributed by atoms with van der Waals surface area (Å²) in [5.74, 6) is 2.42. The van der Waals surface area contributed by atoms with Gasteiger partial charge in [-0.1, -0.05) is 6.07 Å². The molecule has 28 heavy (non-hydrogen) atoms. The number of hydrogen-bond donors (Lipinski definition) is 2. The highest BCUT2D eigenvalue weighted by Gasteiger charge is 2.05. The predicted octanol–water partition coefficient (Wildman–Crippen LogP) is 2.79. The lowest BCUT2D eigenvalue weighted by Crippen LogP contribution is -2.39. The molecule has 7 nitrogen and oxygen atoms in total. The second-order valence-corrected chi connectivity index (χ2v) is 6.49. The topological polar surface area (TPSA) is 72.7 Å². The highest BCUT2D eigenvalue weighted by molar-refractivity contribution is 5.79. The lowest BCUT2D eigenvalue weighted by atomic mass is 10.1. The second-order valence-electron chi connectivity index (χ2n) is 6.49. The van der Waals surface area contributed by atoms with Crippen LogP contribution in [-0.2, 0) is 13.0 Å². The number of nitrogens with zero attached hydrogens (tertiary/aromatic N) is 3. The van der Waals surface area contributed by atoms with Gasteiger partial charge in [0.05, 0.1) is 26.5 Å². The number of ether oxygens (including phenoxy) is 2. The smallest absolute Gasteiger partial charge is 0.191 e. The summed E-state index contributed by atoms with van der Waals surface area (Å²) in [6.07, 6.45) is 5.82. The number of methoxy groups -OCH3 is 1. The molecule has 0 aliphatic rings. The van der Waals surface area contributed by atoms with E-state index in [2.05, 4.69) is 39.8 Å². The number of aryl methyl sites for hydroxylation is 2. The van der Waals surface area contributed by atoms with Gasteiger partial charge in [0.1, 0.15) is 0 Å². The lowest BCUT2D eigenvalue weighted by Gasteiger charge is -2.12. The molecule has 0 unspecified atom stereocenters. The quantitative estimate of drug-likeness (QED) is 0.352. The van der Waals surface area contributed by atoms with E-state index in [-0.39, 0.29) is 0 Å². The Hall–Kier alpha value is -2.70. The number of guanidine groups is 1.